The van der Waals surface area contributed by atoms with Crippen LogP contribution in [0, 0.1) is 5.82 Å². The molecule has 11 heteroatoms. The third-order valence-electron chi connectivity index (χ3n) is 5.19. The molecule has 0 aliphatic heterocycles. The van der Waals surface area contributed by atoms with E-state index in [2.05, 4.69) is 10.6 Å². The molecule has 0 radical (unpaired) electrons. The van der Waals surface area contributed by atoms with Crippen LogP contribution in [0.5, 0.6) is 5.75 Å². The van der Waals surface area contributed by atoms with Crippen molar-refractivity contribution in [1.82, 2.24) is 10.2 Å². The fraction of sp³-hybridized carbons (Fsp3) is 0.192. The van der Waals surface area contributed by atoms with Crippen LogP contribution in [0.2, 0.25) is 0 Å². The first-order valence-corrected chi connectivity index (χ1v) is 11.0. The van der Waals surface area contributed by atoms with Crippen LogP contribution in [0.15, 0.2) is 72.8 Å². The predicted molar refractivity (Wildman–Crippen MR) is 127 cm³/mol. The number of carbonyl (C=O) groups excluding carboxylic acids is 3. The SMILES string of the molecule is COc1ccc(NC(=O)CNC(=O)CN(Cc2ccc(F)cc2)C(=O)c2ccc(C(F)(F)F)cc2)cc1. The maximum atomic E-state index is 13.3. The lowest BCUT2D eigenvalue weighted by molar-refractivity contribution is -0.137. The molecule has 0 unspecified atom stereocenters. The van der Waals surface area contributed by atoms with Gasteiger partial charge in [-0.1, -0.05) is 12.1 Å². The molecule has 0 atom stereocenters. The molecule has 0 saturated carbocycles. The van der Waals surface area contributed by atoms with Crippen molar-refractivity contribution in [3.63, 3.8) is 0 Å². The average molecular weight is 517 g/mol. The van der Waals surface area contributed by atoms with E-state index in [1.54, 1.807) is 24.3 Å². The molecule has 0 aliphatic carbocycles. The number of ether oxygens (including phenoxy) is 1. The number of benzene rings is 3. The standard InChI is InChI=1S/C26H23F4N3O4/c1-37-22-12-10-21(11-13-22)32-23(34)14-31-24(35)16-33(15-17-2-8-20(27)9-3-17)25(36)18-4-6-19(7-5-18)26(28,29)30/h2-13H,14-16H2,1H3,(H,31,35)(H,32,34). The fourth-order valence-electron chi connectivity index (χ4n) is 3.28. The van der Waals surface area contributed by atoms with Crippen molar-refractivity contribution in [2.75, 3.05) is 25.5 Å². The predicted octanol–water partition coefficient (Wildman–Crippen LogP) is 4.25. The Morgan fingerprint density at radius 3 is 2.05 bits per heavy atom. The third-order valence-corrected chi connectivity index (χ3v) is 5.19. The molecule has 0 saturated heterocycles. The molecule has 0 bridgehead atoms. The van der Waals surface area contributed by atoms with Gasteiger partial charge >= 0.3 is 6.18 Å². The second-order valence-electron chi connectivity index (χ2n) is 7.92. The van der Waals surface area contributed by atoms with Crippen LogP contribution < -0.4 is 15.4 Å². The average Bonchev–Trinajstić information content (AvgIpc) is 2.88. The van der Waals surface area contributed by atoms with Gasteiger partial charge in [0.2, 0.25) is 11.8 Å². The highest BCUT2D eigenvalue weighted by atomic mass is 19.4. The molecule has 0 aromatic heterocycles. The quantitative estimate of drug-likeness (QED) is 0.416. The van der Waals surface area contributed by atoms with Crippen LogP contribution in [0.4, 0.5) is 23.2 Å². The van der Waals surface area contributed by atoms with E-state index in [1.807, 2.05) is 0 Å². The molecule has 0 heterocycles. The highest BCUT2D eigenvalue weighted by molar-refractivity contribution is 5.98. The summed E-state index contributed by atoms with van der Waals surface area (Å²) in [5.74, 6) is -1.80. The Morgan fingerprint density at radius 2 is 1.49 bits per heavy atom. The minimum Gasteiger partial charge on any atom is -0.497 e. The van der Waals surface area contributed by atoms with Gasteiger partial charge in [0, 0.05) is 17.8 Å². The Morgan fingerprint density at radius 1 is 0.865 bits per heavy atom. The van der Waals surface area contributed by atoms with Crippen molar-refractivity contribution < 1.29 is 36.7 Å². The van der Waals surface area contributed by atoms with Gasteiger partial charge in [-0.3, -0.25) is 14.4 Å². The summed E-state index contributed by atoms with van der Waals surface area (Å²) in [6.45, 7) is -0.998. The van der Waals surface area contributed by atoms with Gasteiger partial charge in [0.1, 0.15) is 18.1 Å². The Kier molecular flexibility index (Phi) is 8.83. The topological polar surface area (TPSA) is 87.7 Å². The summed E-state index contributed by atoms with van der Waals surface area (Å²) in [4.78, 5) is 38.9. The first kappa shape index (κ1) is 27.2. The van der Waals surface area contributed by atoms with Gasteiger partial charge in [-0.2, -0.15) is 13.2 Å². The minimum absolute atomic E-state index is 0.0693. The number of hydrogen-bond donors (Lipinski definition) is 2. The summed E-state index contributed by atoms with van der Waals surface area (Å²) in [6.07, 6.45) is -4.57. The second kappa shape index (κ2) is 12.0. The van der Waals surface area contributed by atoms with E-state index in [0.29, 0.717) is 17.0 Å². The molecule has 194 valence electrons. The molecule has 0 fully saturated rings. The van der Waals surface area contributed by atoms with Crippen molar-refractivity contribution in [1.29, 1.82) is 0 Å². The van der Waals surface area contributed by atoms with Crippen LogP contribution in [-0.4, -0.2) is 42.8 Å². The first-order valence-electron chi connectivity index (χ1n) is 11.0. The Hall–Kier alpha value is -4.41. The number of nitrogens with zero attached hydrogens (tertiary/aromatic N) is 1. The lowest BCUT2D eigenvalue weighted by atomic mass is 10.1. The van der Waals surface area contributed by atoms with Gasteiger partial charge in [0.05, 0.1) is 19.2 Å². The number of hydrogen-bond acceptors (Lipinski definition) is 4. The van der Waals surface area contributed by atoms with Crippen LogP contribution in [0.3, 0.4) is 0 Å². The highest BCUT2D eigenvalue weighted by Crippen LogP contribution is 2.29. The minimum atomic E-state index is -4.57. The summed E-state index contributed by atoms with van der Waals surface area (Å²) in [7, 11) is 1.50. The fourth-order valence-corrected chi connectivity index (χ4v) is 3.28. The summed E-state index contributed by atoms with van der Waals surface area (Å²) in [5, 5.41) is 5.00. The monoisotopic (exact) mass is 517 g/mol. The molecule has 3 amide bonds. The zero-order valence-electron chi connectivity index (χ0n) is 19.6. The summed E-state index contributed by atoms with van der Waals surface area (Å²) in [5.41, 5.74) is -0.0166. The van der Waals surface area contributed by atoms with Gasteiger partial charge in [0.15, 0.2) is 0 Å². The van der Waals surface area contributed by atoms with E-state index in [-0.39, 0.29) is 18.7 Å². The third kappa shape index (κ3) is 8.06. The number of nitrogens with one attached hydrogen (secondary N) is 2. The van der Waals surface area contributed by atoms with Gasteiger partial charge < -0.3 is 20.3 Å². The van der Waals surface area contributed by atoms with E-state index >= 15 is 0 Å². The molecule has 37 heavy (non-hydrogen) atoms. The highest BCUT2D eigenvalue weighted by Gasteiger charge is 2.30. The molecule has 0 spiro atoms. The maximum absolute atomic E-state index is 13.3. The molecule has 2 N–H and O–H groups in total. The van der Waals surface area contributed by atoms with Crippen LogP contribution in [0.1, 0.15) is 21.5 Å². The number of alkyl halides is 3. The summed E-state index contributed by atoms with van der Waals surface area (Å²) < 4.78 is 56.9. The van der Waals surface area contributed by atoms with Crippen molar-refractivity contribution >= 4 is 23.4 Å². The summed E-state index contributed by atoms with van der Waals surface area (Å²) in [6, 6.07) is 15.3. The zero-order chi connectivity index (χ0) is 27.0. The van der Waals surface area contributed by atoms with E-state index < -0.39 is 41.8 Å². The molecular weight excluding hydrogens is 494 g/mol. The normalized spacial score (nSPS) is 10.9. The lowest BCUT2D eigenvalue weighted by Crippen LogP contribution is -2.42. The maximum Gasteiger partial charge on any atom is 0.416 e. The number of rotatable bonds is 9. The number of anilines is 1. The van der Waals surface area contributed by atoms with Crippen molar-refractivity contribution in [2.24, 2.45) is 0 Å². The molecular formula is C26H23F4N3O4. The van der Waals surface area contributed by atoms with Crippen molar-refractivity contribution in [3.8, 4) is 5.75 Å². The Balaban J connectivity index is 1.66. The summed E-state index contributed by atoms with van der Waals surface area (Å²) >= 11 is 0. The number of carbonyl (C=O) groups is 3. The van der Waals surface area contributed by atoms with Gasteiger partial charge in [-0.05, 0) is 66.2 Å². The van der Waals surface area contributed by atoms with Gasteiger partial charge in [-0.15, -0.1) is 0 Å². The second-order valence-corrected chi connectivity index (χ2v) is 7.92. The van der Waals surface area contributed by atoms with Crippen molar-refractivity contribution in [3.05, 3.63) is 95.3 Å². The van der Waals surface area contributed by atoms with Gasteiger partial charge in [0.25, 0.3) is 5.91 Å². The molecule has 0 aliphatic rings. The lowest BCUT2D eigenvalue weighted by Gasteiger charge is -2.23. The first-order chi connectivity index (χ1) is 17.5. The molecule has 3 rings (SSSR count). The van der Waals surface area contributed by atoms with E-state index in [0.717, 1.165) is 29.2 Å². The number of methoxy groups -OCH3 is 1. The molecule has 3 aromatic carbocycles. The Bertz CT molecular complexity index is 1230. The van der Waals surface area contributed by atoms with E-state index in [9.17, 15) is 31.9 Å². The largest absolute Gasteiger partial charge is 0.497 e. The van der Waals surface area contributed by atoms with Gasteiger partial charge in [-0.25, -0.2) is 4.39 Å². The molecule has 3 aromatic rings. The molecule has 7 nitrogen and oxygen atoms in total. The zero-order valence-corrected chi connectivity index (χ0v) is 19.6. The number of halogens is 4. The van der Waals surface area contributed by atoms with E-state index in [4.69, 9.17) is 4.74 Å². The van der Waals surface area contributed by atoms with E-state index in [1.165, 1.54) is 31.4 Å². The smallest absolute Gasteiger partial charge is 0.416 e. The van der Waals surface area contributed by atoms with Crippen molar-refractivity contribution in [2.45, 2.75) is 12.7 Å². The number of amides is 3. The van der Waals surface area contributed by atoms with Crippen LogP contribution >= 0.6 is 0 Å². The van der Waals surface area contributed by atoms with Crippen LogP contribution in [-0.2, 0) is 22.3 Å². The Labute approximate surface area is 210 Å². The van der Waals surface area contributed by atoms with Crippen LogP contribution in [0.25, 0.3) is 0 Å².